The molecule has 172 valence electrons. The van der Waals surface area contributed by atoms with E-state index in [-0.39, 0.29) is 22.6 Å². The van der Waals surface area contributed by atoms with Gasteiger partial charge in [0.25, 0.3) is 15.9 Å². The summed E-state index contributed by atoms with van der Waals surface area (Å²) in [6.07, 6.45) is 2.41. The lowest BCUT2D eigenvalue weighted by Gasteiger charge is -2.32. The SMILES string of the molecule is CCCNC(=O)[C@@H]1CCCN(C(=O)c2ccc(NS(=O)(=O)c3cccc(OC)c3)cc2)C1. The van der Waals surface area contributed by atoms with Crippen LogP contribution in [-0.2, 0) is 14.8 Å². The van der Waals surface area contributed by atoms with E-state index in [0.29, 0.717) is 36.6 Å². The average Bonchev–Trinajstić information content (AvgIpc) is 2.82. The van der Waals surface area contributed by atoms with Gasteiger partial charge in [0.2, 0.25) is 5.91 Å². The average molecular weight is 460 g/mol. The van der Waals surface area contributed by atoms with Crippen molar-refractivity contribution in [2.24, 2.45) is 5.92 Å². The maximum absolute atomic E-state index is 12.9. The summed E-state index contributed by atoms with van der Waals surface area (Å²) < 4.78 is 32.9. The molecule has 0 aromatic heterocycles. The van der Waals surface area contributed by atoms with Gasteiger partial charge in [0.15, 0.2) is 0 Å². The molecule has 0 bridgehead atoms. The summed E-state index contributed by atoms with van der Waals surface area (Å²) in [7, 11) is -2.32. The number of benzene rings is 2. The number of carbonyl (C=O) groups excluding carboxylic acids is 2. The number of carbonyl (C=O) groups is 2. The molecule has 2 N–H and O–H groups in total. The van der Waals surface area contributed by atoms with E-state index < -0.39 is 10.0 Å². The first kappa shape index (κ1) is 23.6. The summed E-state index contributed by atoms with van der Waals surface area (Å²) in [6.45, 7) is 3.62. The highest BCUT2D eigenvalue weighted by atomic mass is 32.2. The maximum Gasteiger partial charge on any atom is 0.262 e. The Balaban J connectivity index is 1.65. The molecule has 8 nitrogen and oxygen atoms in total. The van der Waals surface area contributed by atoms with Gasteiger partial charge < -0.3 is 15.0 Å². The van der Waals surface area contributed by atoms with Crippen molar-refractivity contribution in [2.75, 3.05) is 31.5 Å². The highest BCUT2D eigenvalue weighted by Gasteiger charge is 2.28. The van der Waals surface area contributed by atoms with Crippen LogP contribution in [0.1, 0.15) is 36.5 Å². The Bertz CT molecular complexity index is 1050. The number of hydrogen-bond donors (Lipinski definition) is 2. The summed E-state index contributed by atoms with van der Waals surface area (Å²) in [5, 5.41) is 2.90. The zero-order valence-electron chi connectivity index (χ0n) is 18.3. The highest BCUT2D eigenvalue weighted by molar-refractivity contribution is 7.92. The number of ether oxygens (including phenoxy) is 1. The zero-order valence-corrected chi connectivity index (χ0v) is 19.2. The van der Waals surface area contributed by atoms with Gasteiger partial charge in [-0.1, -0.05) is 13.0 Å². The van der Waals surface area contributed by atoms with Gasteiger partial charge in [-0.05, 0) is 55.7 Å². The third kappa shape index (κ3) is 5.79. The molecule has 0 saturated carbocycles. The molecule has 2 aromatic rings. The van der Waals surface area contributed by atoms with Crippen molar-refractivity contribution in [2.45, 2.75) is 31.1 Å². The fourth-order valence-electron chi connectivity index (χ4n) is 3.61. The summed E-state index contributed by atoms with van der Waals surface area (Å²) in [6, 6.07) is 12.5. The van der Waals surface area contributed by atoms with Crippen molar-refractivity contribution in [1.82, 2.24) is 10.2 Å². The predicted octanol–water partition coefficient (Wildman–Crippen LogP) is 2.87. The molecular formula is C23H29N3O5S. The van der Waals surface area contributed by atoms with Gasteiger partial charge in [-0.15, -0.1) is 0 Å². The van der Waals surface area contributed by atoms with Crippen LogP contribution in [0.25, 0.3) is 0 Å². The van der Waals surface area contributed by atoms with Gasteiger partial charge in [-0.25, -0.2) is 8.42 Å². The first-order chi connectivity index (χ1) is 15.3. The summed E-state index contributed by atoms with van der Waals surface area (Å²) in [5.41, 5.74) is 0.795. The first-order valence-electron chi connectivity index (χ1n) is 10.7. The van der Waals surface area contributed by atoms with Crippen LogP contribution in [0.3, 0.4) is 0 Å². The summed E-state index contributed by atoms with van der Waals surface area (Å²) in [5.74, 6) is 0.0667. The quantitative estimate of drug-likeness (QED) is 0.632. The van der Waals surface area contributed by atoms with E-state index in [9.17, 15) is 18.0 Å². The molecule has 1 heterocycles. The number of nitrogens with one attached hydrogen (secondary N) is 2. The lowest BCUT2D eigenvalue weighted by Crippen LogP contribution is -2.45. The normalized spacial score (nSPS) is 16.3. The Labute approximate surface area is 189 Å². The van der Waals surface area contributed by atoms with Crippen LogP contribution in [0.4, 0.5) is 5.69 Å². The van der Waals surface area contributed by atoms with E-state index in [1.54, 1.807) is 41.3 Å². The van der Waals surface area contributed by atoms with E-state index in [2.05, 4.69) is 10.0 Å². The van der Waals surface area contributed by atoms with Gasteiger partial charge in [0, 0.05) is 37.0 Å². The predicted molar refractivity (Wildman–Crippen MR) is 122 cm³/mol. The van der Waals surface area contributed by atoms with Crippen LogP contribution in [-0.4, -0.2) is 51.9 Å². The fourth-order valence-corrected chi connectivity index (χ4v) is 4.71. The van der Waals surface area contributed by atoms with Crippen LogP contribution in [0.5, 0.6) is 5.75 Å². The number of sulfonamides is 1. The number of piperidine rings is 1. The third-order valence-corrected chi connectivity index (χ3v) is 6.74. The van der Waals surface area contributed by atoms with Crippen molar-refractivity contribution < 1.29 is 22.7 Å². The van der Waals surface area contributed by atoms with Gasteiger partial charge >= 0.3 is 0 Å². The number of likely N-dealkylation sites (tertiary alicyclic amines) is 1. The number of rotatable bonds is 8. The van der Waals surface area contributed by atoms with E-state index in [1.807, 2.05) is 6.92 Å². The lowest BCUT2D eigenvalue weighted by molar-refractivity contribution is -0.126. The third-order valence-electron chi connectivity index (χ3n) is 5.36. The standard InChI is InChI=1S/C23H29N3O5S/c1-3-13-24-22(27)18-6-5-14-26(16-18)23(28)17-9-11-19(12-10-17)25-32(29,30)21-8-4-7-20(15-21)31-2/h4,7-12,15,18,25H,3,5-6,13-14,16H2,1-2H3,(H,24,27)/t18-/m1/s1. The zero-order chi connectivity index (χ0) is 23.1. The van der Waals surface area contributed by atoms with E-state index in [4.69, 9.17) is 4.74 Å². The minimum Gasteiger partial charge on any atom is -0.497 e. The summed E-state index contributed by atoms with van der Waals surface area (Å²) in [4.78, 5) is 27.0. The second kappa shape index (κ2) is 10.5. The second-order valence-electron chi connectivity index (χ2n) is 7.74. The molecule has 0 unspecified atom stereocenters. The van der Waals surface area contributed by atoms with Gasteiger partial charge in [-0.3, -0.25) is 14.3 Å². The van der Waals surface area contributed by atoms with E-state index >= 15 is 0 Å². The minimum atomic E-state index is -3.79. The van der Waals surface area contributed by atoms with Crippen LogP contribution in [0.15, 0.2) is 53.4 Å². The molecule has 0 radical (unpaired) electrons. The molecule has 0 spiro atoms. The number of anilines is 1. The van der Waals surface area contributed by atoms with E-state index in [1.165, 1.54) is 19.2 Å². The summed E-state index contributed by atoms with van der Waals surface area (Å²) >= 11 is 0. The largest absolute Gasteiger partial charge is 0.497 e. The van der Waals surface area contributed by atoms with E-state index in [0.717, 1.165) is 19.3 Å². The molecule has 1 saturated heterocycles. The molecule has 2 aromatic carbocycles. The van der Waals surface area contributed by atoms with Crippen LogP contribution in [0, 0.1) is 5.92 Å². The van der Waals surface area contributed by atoms with Crippen molar-refractivity contribution in [3.05, 3.63) is 54.1 Å². The minimum absolute atomic E-state index is 0.00773. The lowest BCUT2D eigenvalue weighted by atomic mass is 9.96. The Morgan fingerprint density at radius 2 is 1.91 bits per heavy atom. The topological polar surface area (TPSA) is 105 Å². The molecule has 1 aliphatic heterocycles. The molecule has 0 aliphatic carbocycles. The Morgan fingerprint density at radius 3 is 2.59 bits per heavy atom. The van der Waals surface area contributed by atoms with Crippen LogP contribution in [0.2, 0.25) is 0 Å². The Morgan fingerprint density at radius 1 is 1.16 bits per heavy atom. The molecule has 3 rings (SSSR count). The number of amides is 2. The van der Waals surface area contributed by atoms with Crippen molar-refractivity contribution >= 4 is 27.5 Å². The molecule has 2 amide bonds. The fraction of sp³-hybridized carbons (Fsp3) is 0.391. The smallest absolute Gasteiger partial charge is 0.262 e. The highest BCUT2D eigenvalue weighted by Crippen LogP contribution is 2.22. The number of nitrogens with zero attached hydrogens (tertiary/aromatic N) is 1. The van der Waals surface area contributed by atoms with Crippen molar-refractivity contribution in [1.29, 1.82) is 0 Å². The molecule has 1 fully saturated rings. The molecular weight excluding hydrogens is 430 g/mol. The Kier molecular flexibility index (Phi) is 7.74. The molecule has 1 aliphatic rings. The Hall–Kier alpha value is -3.07. The van der Waals surface area contributed by atoms with Crippen LogP contribution < -0.4 is 14.8 Å². The van der Waals surface area contributed by atoms with Crippen LogP contribution >= 0.6 is 0 Å². The molecule has 9 heteroatoms. The number of methoxy groups -OCH3 is 1. The monoisotopic (exact) mass is 459 g/mol. The van der Waals surface area contributed by atoms with Gasteiger partial charge in [0.05, 0.1) is 17.9 Å². The maximum atomic E-state index is 12.9. The molecule has 1 atom stereocenters. The molecule has 32 heavy (non-hydrogen) atoms. The van der Waals surface area contributed by atoms with Gasteiger partial charge in [-0.2, -0.15) is 0 Å². The second-order valence-corrected chi connectivity index (χ2v) is 9.43. The number of hydrogen-bond acceptors (Lipinski definition) is 5. The van der Waals surface area contributed by atoms with Crippen molar-refractivity contribution in [3.8, 4) is 5.75 Å². The first-order valence-corrected chi connectivity index (χ1v) is 12.2. The van der Waals surface area contributed by atoms with Crippen molar-refractivity contribution in [3.63, 3.8) is 0 Å². The van der Waals surface area contributed by atoms with Gasteiger partial charge in [0.1, 0.15) is 5.75 Å².